The fourth-order valence-corrected chi connectivity index (χ4v) is 4.93. The van der Waals surface area contributed by atoms with Gasteiger partial charge in [-0.15, -0.1) is 0 Å². The summed E-state index contributed by atoms with van der Waals surface area (Å²) in [6, 6.07) is 17.3. The van der Waals surface area contributed by atoms with Gasteiger partial charge in [0.25, 0.3) is 5.56 Å². The normalized spacial score (nSPS) is 12.2. The van der Waals surface area contributed by atoms with Crippen LogP contribution in [0.2, 0.25) is 0 Å². The summed E-state index contributed by atoms with van der Waals surface area (Å²) in [7, 11) is -2.63. The average Bonchev–Trinajstić information content (AvgIpc) is 3.13. The molecule has 0 saturated heterocycles. The number of hydrogen-bond acceptors (Lipinski definition) is 5. The van der Waals surface area contributed by atoms with Crippen molar-refractivity contribution in [2.75, 3.05) is 19.9 Å². The summed E-state index contributed by atoms with van der Waals surface area (Å²) < 4.78 is 25.4. The quantitative estimate of drug-likeness (QED) is 0.396. The minimum atomic E-state index is -2.63. The Labute approximate surface area is 186 Å². The van der Waals surface area contributed by atoms with Gasteiger partial charge in [0.05, 0.1) is 11.7 Å². The van der Waals surface area contributed by atoms with Crippen molar-refractivity contribution in [2.45, 2.75) is 19.4 Å². The van der Waals surface area contributed by atoms with Crippen LogP contribution in [-0.2, 0) is 9.09 Å². The Morgan fingerprint density at radius 3 is 2.41 bits per heavy atom. The fraction of sp³-hybridized carbons (Fsp3) is 0.250. The smallest absolute Gasteiger partial charge is 0.260 e. The summed E-state index contributed by atoms with van der Waals surface area (Å²) in [5, 5.41) is 0.529. The Bertz CT molecular complexity index is 1340. The van der Waals surface area contributed by atoms with Crippen LogP contribution in [0.4, 0.5) is 0 Å². The SMILES string of the molecule is CC(C)(COc1ccc(-c2cn(-c3ccccc3)c3nc[nH]c(=O)c23)cc1)OP(C)(C)=O. The van der Waals surface area contributed by atoms with Crippen LogP contribution in [0.1, 0.15) is 13.8 Å². The molecule has 0 atom stereocenters. The van der Waals surface area contributed by atoms with Gasteiger partial charge < -0.3 is 18.8 Å². The van der Waals surface area contributed by atoms with Gasteiger partial charge in [-0.05, 0) is 43.7 Å². The lowest BCUT2D eigenvalue weighted by atomic mass is 10.1. The molecule has 0 amide bonds. The fourth-order valence-electron chi connectivity index (χ4n) is 3.68. The highest BCUT2D eigenvalue weighted by Crippen LogP contribution is 2.42. The maximum Gasteiger partial charge on any atom is 0.260 e. The van der Waals surface area contributed by atoms with Crippen molar-refractivity contribution >= 4 is 18.4 Å². The lowest BCUT2D eigenvalue weighted by molar-refractivity contribution is 0.0567. The highest BCUT2D eigenvalue weighted by atomic mass is 31.2. The molecule has 2 aromatic heterocycles. The van der Waals surface area contributed by atoms with Gasteiger partial charge >= 0.3 is 0 Å². The highest BCUT2D eigenvalue weighted by Gasteiger charge is 2.26. The second-order valence-electron chi connectivity index (χ2n) is 8.59. The third-order valence-electron chi connectivity index (χ3n) is 4.84. The Kier molecular flexibility index (Phi) is 5.80. The first-order valence-corrected chi connectivity index (χ1v) is 12.8. The molecule has 32 heavy (non-hydrogen) atoms. The van der Waals surface area contributed by atoms with Crippen LogP contribution in [-0.4, -0.2) is 40.1 Å². The van der Waals surface area contributed by atoms with Gasteiger partial charge in [0, 0.05) is 30.8 Å². The zero-order valence-electron chi connectivity index (χ0n) is 18.5. The Balaban J connectivity index is 1.64. The molecular formula is C24H26N3O4P. The molecule has 0 fully saturated rings. The van der Waals surface area contributed by atoms with Gasteiger partial charge in [0.15, 0.2) is 13.0 Å². The van der Waals surface area contributed by atoms with Crippen molar-refractivity contribution in [3.63, 3.8) is 0 Å². The molecule has 4 rings (SSSR count). The third-order valence-corrected chi connectivity index (χ3v) is 5.78. The summed E-state index contributed by atoms with van der Waals surface area (Å²) >= 11 is 0. The molecule has 2 aromatic carbocycles. The maximum atomic E-state index is 12.6. The number of aromatic nitrogens is 3. The number of nitrogens with one attached hydrogen (secondary N) is 1. The van der Waals surface area contributed by atoms with E-state index >= 15 is 0 Å². The van der Waals surface area contributed by atoms with E-state index in [1.54, 1.807) is 13.3 Å². The van der Waals surface area contributed by atoms with Gasteiger partial charge in [0.2, 0.25) is 0 Å². The van der Waals surface area contributed by atoms with Crippen LogP contribution >= 0.6 is 7.37 Å². The minimum absolute atomic E-state index is 0.192. The van der Waals surface area contributed by atoms with Crippen molar-refractivity contribution in [1.82, 2.24) is 14.5 Å². The molecule has 0 unspecified atom stereocenters. The number of nitrogens with zero attached hydrogens (tertiary/aromatic N) is 2. The van der Waals surface area contributed by atoms with E-state index in [9.17, 15) is 9.36 Å². The number of rotatable bonds is 7. The molecule has 4 aromatic rings. The topological polar surface area (TPSA) is 86.2 Å². The first-order valence-electron chi connectivity index (χ1n) is 10.3. The molecule has 1 N–H and O–H groups in total. The molecule has 0 aliphatic rings. The van der Waals surface area contributed by atoms with Gasteiger partial charge in [-0.25, -0.2) is 4.98 Å². The molecule has 0 saturated carbocycles. The Morgan fingerprint density at radius 2 is 1.75 bits per heavy atom. The predicted octanol–water partition coefficient (Wildman–Crippen LogP) is 5.09. The Hall–Kier alpha value is -3.15. The number of aromatic amines is 1. The van der Waals surface area contributed by atoms with E-state index in [-0.39, 0.29) is 12.2 Å². The summed E-state index contributed by atoms with van der Waals surface area (Å²) in [4.78, 5) is 19.7. The lowest BCUT2D eigenvalue weighted by Gasteiger charge is -2.27. The molecule has 0 aliphatic heterocycles. The van der Waals surface area contributed by atoms with Gasteiger partial charge in [-0.3, -0.25) is 9.36 Å². The monoisotopic (exact) mass is 451 g/mol. The molecule has 0 aliphatic carbocycles. The second-order valence-corrected chi connectivity index (χ2v) is 11.3. The van der Waals surface area contributed by atoms with Crippen molar-refractivity contribution in [1.29, 1.82) is 0 Å². The van der Waals surface area contributed by atoms with Crippen molar-refractivity contribution in [2.24, 2.45) is 0 Å². The number of H-pyrrole nitrogens is 1. The molecule has 8 heteroatoms. The predicted molar refractivity (Wildman–Crippen MR) is 127 cm³/mol. The summed E-state index contributed by atoms with van der Waals surface area (Å²) in [5.41, 5.74) is 2.30. The number of hydrogen-bond donors (Lipinski definition) is 1. The van der Waals surface area contributed by atoms with E-state index in [0.29, 0.717) is 16.8 Å². The van der Waals surface area contributed by atoms with Crippen molar-refractivity contribution in [3.05, 3.63) is 77.5 Å². The molecule has 7 nitrogen and oxygen atoms in total. The number of ether oxygens (including phenoxy) is 1. The standard InChI is InChI=1S/C24H26N3O4P/c1-24(2,31-32(3,4)29)15-30-19-12-10-17(11-13-19)20-14-27(18-8-6-5-7-9-18)22-21(20)23(28)26-16-25-22/h5-14,16H,15H2,1-4H3,(H,25,26,28). The van der Waals surface area contributed by atoms with E-state index in [0.717, 1.165) is 16.8 Å². The van der Waals surface area contributed by atoms with E-state index in [1.165, 1.54) is 6.33 Å². The van der Waals surface area contributed by atoms with Crippen LogP contribution in [0.15, 0.2) is 71.9 Å². The first-order chi connectivity index (χ1) is 15.1. The van der Waals surface area contributed by atoms with E-state index in [4.69, 9.17) is 9.26 Å². The maximum absolute atomic E-state index is 12.6. The Morgan fingerprint density at radius 1 is 1.06 bits per heavy atom. The minimum Gasteiger partial charge on any atom is -0.491 e. The molecule has 0 bridgehead atoms. The number of fused-ring (bicyclic) bond motifs is 1. The first kappa shape index (κ1) is 22.1. The highest BCUT2D eigenvalue weighted by molar-refractivity contribution is 7.57. The number of para-hydroxylation sites is 1. The van der Waals surface area contributed by atoms with Crippen LogP contribution in [0.25, 0.3) is 27.8 Å². The number of benzene rings is 2. The molecule has 0 radical (unpaired) electrons. The summed E-state index contributed by atoms with van der Waals surface area (Å²) in [6.45, 7) is 7.13. The molecule has 2 heterocycles. The zero-order chi connectivity index (χ0) is 22.9. The van der Waals surface area contributed by atoms with Gasteiger partial charge in [-0.2, -0.15) is 0 Å². The summed E-state index contributed by atoms with van der Waals surface area (Å²) in [5.74, 6) is 0.659. The van der Waals surface area contributed by atoms with E-state index in [2.05, 4.69) is 9.97 Å². The second kappa shape index (κ2) is 8.41. The largest absolute Gasteiger partial charge is 0.491 e. The van der Waals surface area contributed by atoms with Gasteiger partial charge in [0.1, 0.15) is 18.0 Å². The molecule has 0 spiro atoms. The van der Waals surface area contributed by atoms with E-state index in [1.807, 2.05) is 79.2 Å². The van der Waals surface area contributed by atoms with Crippen LogP contribution in [0.3, 0.4) is 0 Å². The van der Waals surface area contributed by atoms with Crippen LogP contribution < -0.4 is 10.3 Å². The van der Waals surface area contributed by atoms with Crippen LogP contribution in [0.5, 0.6) is 5.75 Å². The van der Waals surface area contributed by atoms with Crippen LogP contribution in [0, 0.1) is 0 Å². The lowest BCUT2D eigenvalue weighted by Crippen LogP contribution is -2.31. The third kappa shape index (κ3) is 4.85. The summed E-state index contributed by atoms with van der Waals surface area (Å²) in [6.07, 6.45) is 3.34. The van der Waals surface area contributed by atoms with Crippen molar-refractivity contribution < 1.29 is 13.8 Å². The molecule has 166 valence electrons. The zero-order valence-corrected chi connectivity index (χ0v) is 19.4. The van der Waals surface area contributed by atoms with Gasteiger partial charge in [-0.1, -0.05) is 30.3 Å². The molecular weight excluding hydrogens is 425 g/mol. The van der Waals surface area contributed by atoms with E-state index < -0.39 is 13.0 Å². The van der Waals surface area contributed by atoms with Crippen molar-refractivity contribution in [3.8, 4) is 22.6 Å². The average molecular weight is 451 g/mol.